The van der Waals surface area contributed by atoms with Crippen LogP contribution in [0.5, 0.6) is 0 Å². The van der Waals surface area contributed by atoms with E-state index in [1.54, 1.807) is 0 Å². The lowest BCUT2D eigenvalue weighted by molar-refractivity contribution is -0.117. The van der Waals surface area contributed by atoms with Crippen molar-refractivity contribution in [2.45, 2.75) is 40.0 Å². The second-order valence-electron chi connectivity index (χ2n) is 5.65. The Morgan fingerprint density at radius 3 is 2.76 bits per heavy atom. The highest BCUT2D eigenvalue weighted by molar-refractivity contribution is 6.05. The summed E-state index contributed by atoms with van der Waals surface area (Å²) in [5, 5.41) is 0. The molecule has 0 N–H and O–H groups in total. The first-order valence-corrected chi connectivity index (χ1v) is 6.41. The fraction of sp³-hybridized carbons (Fsp3) is 0.533. The second-order valence-corrected chi connectivity index (χ2v) is 5.65. The summed E-state index contributed by atoms with van der Waals surface area (Å²) < 4.78 is 5.63. The van der Waals surface area contributed by atoms with E-state index in [1.807, 2.05) is 6.26 Å². The zero-order valence-electron chi connectivity index (χ0n) is 10.7. The van der Waals surface area contributed by atoms with Gasteiger partial charge in [-0.05, 0) is 36.3 Å². The summed E-state index contributed by atoms with van der Waals surface area (Å²) in [4.78, 5) is 12.2. The third kappa shape index (κ3) is 1.50. The van der Waals surface area contributed by atoms with E-state index in [-0.39, 0.29) is 0 Å². The third-order valence-electron chi connectivity index (χ3n) is 4.05. The predicted octanol–water partition coefficient (Wildman–Crippen LogP) is 3.53. The van der Waals surface area contributed by atoms with Crippen LogP contribution in [0.2, 0.25) is 0 Å². The summed E-state index contributed by atoms with van der Waals surface area (Å²) in [6, 6.07) is 0. The smallest absolute Gasteiger partial charge is 0.159 e. The maximum absolute atomic E-state index is 12.2. The Morgan fingerprint density at radius 1 is 1.24 bits per heavy atom. The number of carbonyl (C=O) groups excluding carboxylic acids is 1. The fourth-order valence-electron chi connectivity index (χ4n) is 3.37. The van der Waals surface area contributed by atoms with E-state index in [2.05, 4.69) is 20.8 Å². The van der Waals surface area contributed by atoms with Crippen molar-refractivity contribution in [2.24, 2.45) is 11.8 Å². The van der Waals surface area contributed by atoms with Crippen molar-refractivity contribution in [1.82, 2.24) is 0 Å². The molecule has 2 unspecified atom stereocenters. The highest BCUT2D eigenvalue weighted by Crippen LogP contribution is 2.44. The van der Waals surface area contributed by atoms with Gasteiger partial charge in [-0.1, -0.05) is 13.8 Å². The average molecular weight is 230 g/mol. The minimum atomic E-state index is 0.322. The van der Waals surface area contributed by atoms with Crippen LogP contribution in [0.15, 0.2) is 16.3 Å². The first-order chi connectivity index (χ1) is 8.08. The Hall–Kier alpha value is -1.31. The number of furan rings is 1. The van der Waals surface area contributed by atoms with E-state index < -0.39 is 0 Å². The highest BCUT2D eigenvalue weighted by atomic mass is 16.3. The van der Waals surface area contributed by atoms with Gasteiger partial charge in [0, 0.05) is 24.0 Å². The SMILES string of the molecule is Cc1coc2c1C1=C(C(=O)CC(C)C1)C(C)C2. The van der Waals surface area contributed by atoms with Gasteiger partial charge >= 0.3 is 0 Å². The van der Waals surface area contributed by atoms with Gasteiger partial charge in [0.15, 0.2) is 5.78 Å². The molecular weight excluding hydrogens is 212 g/mol. The zero-order valence-corrected chi connectivity index (χ0v) is 10.7. The number of fused-ring (bicyclic) bond motifs is 2. The second kappa shape index (κ2) is 3.59. The molecule has 2 aliphatic carbocycles. The maximum atomic E-state index is 12.2. The Morgan fingerprint density at radius 2 is 2.00 bits per heavy atom. The molecule has 17 heavy (non-hydrogen) atoms. The number of Topliss-reactive ketones (excluding diaryl/α,β-unsaturated/α-hetero) is 1. The van der Waals surface area contributed by atoms with Crippen LogP contribution in [0.4, 0.5) is 0 Å². The molecule has 90 valence electrons. The van der Waals surface area contributed by atoms with Crippen LogP contribution in [-0.4, -0.2) is 5.78 Å². The van der Waals surface area contributed by atoms with Crippen molar-refractivity contribution >= 4 is 11.4 Å². The first kappa shape index (κ1) is 10.8. The zero-order chi connectivity index (χ0) is 12.2. The molecule has 2 heteroatoms. The van der Waals surface area contributed by atoms with E-state index in [1.165, 1.54) is 16.7 Å². The molecule has 0 fully saturated rings. The highest BCUT2D eigenvalue weighted by Gasteiger charge is 2.35. The Kier molecular flexibility index (Phi) is 2.29. The predicted molar refractivity (Wildman–Crippen MR) is 66.6 cm³/mol. The lowest BCUT2D eigenvalue weighted by atomic mass is 9.72. The van der Waals surface area contributed by atoms with E-state index in [9.17, 15) is 4.79 Å². The van der Waals surface area contributed by atoms with Crippen LogP contribution in [-0.2, 0) is 11.2 Å². The molecule has 2 aliphatic rings. The molecule has 0 aromatic carbocycles. The van der Waals surface area contributed by atoms with Crippen molar-refractivity contribution in [3.63, 3.8) is 0 Å². The summed E-state index contributed by atoms with van der Waals surface area (Å²) in [5.41, 5.74) is 4.77. The maximum Gasteiger partial charge on any atom is 0.159 e. The number of aryl methyl sites for hydroxylation is 1. The Labute approximate surface area is 102 Å². The number of ketones is 1. The molecule has 0 aliphatic heterocycles. The van der Waals surface area contributed by atoms with Gasteiger partial charge in [-0.15, -0.1) is 0 Å². The number of rotatable bonds is 0. The van der Waals surface area contributed by atoms with Gasteiger partial charge in [-0.2, -0.15) is 0 Å². The Bertz CT molecular complexity index is 519. The topological polar surface area (TPSA) is 30.2 Å². The molecule has 3 rings (SSSR count). The van der Waals surface area contributed by atoms with Crippen molar-refractivity contribution in [2.75, 3.05) is 0 Å². The van der Waals surface area contributed by atoms with E-state index in [0.29, 0.717) is 17.6 Å². The van der Waals surface area contributed by atoms with Crippen LogP contribution >= 0.6 is 0 Å². The summed E-state index contributed by atoms with van der Waals surface area (Å²) >= 11 is 0. The molecule has 0 saturated heterocycles. The summed E-state index contributed by atoms with van der Waals surface area (Å²) in [6.45, 7) is 6.38. The largest absolute Gasteiger partial charge is 0.468 e. The molecule has 0 radical (unpaired) electrons. The fourth-order valence-corrected chi connectivity index (χ4v) is 3.37. The van der Waals surface area contributed by atoms with Gasteiger partial charge in [-0.25, -0.2) is 0 Å². The van der Waals surface area contributed by atoms with Gasteiger partial charge in [0.05, 0.1) is 6.26 Å². The Balaban J connectivity index is 2.22. The number of carbonyl (C=O) groups is 1. The first-order valence-electron chi connectivity index (χ1n) is 6.41. The number of allylic oxidation sites excluding steroid dienone is 2. The van der Waals surface area contributed by atoms with E-state index in [0.717, 1.165) is 30.6 Å². The molecule has 1 heterocycles. The van der Waals surface area contributed by atoms with Gasteiger partial charge in [0.1, 0.15) is 5.76 Å². The monoisotopic (exact) mass is 230 g/mol. The van der Waals surface area contributed by atoms with Crippen molar-refractivity contribution in [1.29, 1.82) is 0 Å². The van der Waals surface area contributed by atoms with Gasteiger partial charge in [-0.3, -0.25) is 4.79 Å². The number of hydrogen-bond donors (Lipinski definition) is 0. The summed E-state index contributed by atoms with van der Waals surface area (Å²) in [7, 11) is 0. The normalized spacial score (nSPS) is 28.1. The van der Waals surface area contributed by atoms with Crippen LogP contribution in [0.1, 0.15) is 43.6 Å². The van der Waals surface area contributed by atoms with Crippen LogP contribution in [0.3, 0.4) is 0 Å². The molecule has 0 amide bonds. The third-order valence-corrected chi connectivity index (χ3v) is 4.05. The minimum Gasteiger partial charge on any atom is -0.468 e. The van der Waals surface area contributed by atoms with Crippen molar-refractivity contribution in [3.05, 3.63) is 28.7 Å². The molecule has 2 atom stereocenters. The van der Waals surface area contributed by atoms with Crippen molar-refractivity contribution in [3.8, 4) is 0 Å². The van der Waals surface area contributed by atoms with Crippen molar-refractivity contribution < 1.29 is 9.21 Å². The molecule has 0 spiro atoms. The molecule has 1 aromatic heterocycles. The molecular formula is C15H18O2. The summed E-state index contributed by atoms with van der Waals surface area (Å²) in [5.74, 6) is 2.23. The summed E-state index contributed by atoms with van der Waals surface area (Å²) in [6.07, 6.45) is 4.45. The molecule has 1 aromatic rings. The quantitative estimate of drug-likeness (QED) is 0.682. The molecule has 0 saturated carbocycles. The van der Waals surface area contributed by atoms with Gasteiger partial charge < -0.3 is 4.42 Å². The molecule has 0 bridgehead atoms. The standard InChI is InChI=1S/C15H18O2/c1-8-4-11-14(12(16)5-8)9(2)6-13-15(11)10(3)7-17-13/h7-9H,4-6H2,1-3H3. The van der Waals surface area contributed by atoms with Gasteiger partial charge in [0.2, 0.25) is 0 Å². The van der Waals surface area contributed by atoms with Crippen LogP contribution in [0.25, 0.3) is 5.57 Å². The van der Waals surface area contributed by atoms with Crippen LogP contribution in [0, 0.1) is 18.8 Å². The number of hydrogen-bond acceptors (Lipinski definition) is 2. The van der Waals surface area contributed by atoms with Gasteiger partial charge in [0.25, 0.3) is 0 Å². The molecule has 2 nitrogen and oxygen atoms in total. The van der Waals surface area contributed by atoms with E-state index in [4.69, 9.17) is 4.42 Å². The average Bonchev–Trinajstić information content (AvgIpc) is 2.59. The van der Waals surface area contributed by atoms with E-state index >= 15 is 0 Å². The van der Waals surface area contributed by atoms with Crippen LogP contribution < -0.4 is 0 Å². The minimum absolute atomic E-state index is 0.322. The lowest BCUT2D eigenvalue weighted by Gasteiger charge is -2.31. The lowest BCUT2D eigenvalue weighted by Crippen LogP contribution is -2.25.